The van der Waals surface area contributed by atoms with E-state index in [4.69, 9.17) is 9.47 Å². The molecule has 4 amide bonds. The summed E-state index contributed by atoms with van der Waals surface area (Å²) in [7, 11) is 3.30. The number of methoxy groups -OCH3 is 2. The molecule has 61 heavy (non-hydrogen) atoms. The third-order valence-corrected chi connectivity index (χ3v) is 13.7. The number of carbonyl (C=O) groups excluding carboxylic acids is 5. The van der Waals surface area contributed by atoms with Gasteiger partial charge < -0.3 is 19.3 Å². The molecule has 0 radical (unpaired) electrons. The molecule has 0 bridgehead atoms. The fourth-order valence-electron chi connectivity index (χ4n) is 8.98. The highest BCUT2D eigenvalue weighted by atomic mass is 32.1. The normalized spacial score (nSPS) is 18.8. The number of nitrogens with zero attached hydrogens (tertiary/aromatic N) is 5. The zero-order valence-electron chi connectivity index (χ0n) is 34.4. The Morgan fingerprint density at radius 1 is 0.689 bits per heavy atom. The molecule has 0 spiro atoms. The van der Waals surface area contributed by atoms with Crippen molar-refractivity contribution in [2.45, 2.75) is 25.3 Å². The molecule has 4 aliphatic rings. The number of nitrogens with one attached hydrogen (secondary N) is 1. The minimum atomic E-state index is -0.969. The number of anilines is 2. The van der Waals surface area contributed by atoms with Gasteiger partial charge >= 0.3 is 0 Å². The molecule has 3 saturated heterocycles. The second kappa shape index (κ2) is 17.1. The van der Waals surface area contributed by atoms with Crippen LogP contribution < -0.4 is 24.6 Å². The first-order valence-electron chi connectivity index (χ1n) is 20.9. The Morgan fingerprint density at radius 3 is 1.93 bits per heavy atom. The van der Waals surface area contributed by atoms with Crippen molar-refractivity contribution in [3.63, 3.8) is 0 Å². The predicted molar refractivity (Wildman–Crippen MR) is 235 cm³/mol. The van der Waals surface area contributed by atoms with Crippen LogP contribution in [0.2, 0.25) is 0 Å². The largest absolute Gasteiger partial charge is 0.497 e. The minimum Gasteiger partial charge on any atom is -0.497 e. The van der Waals surface area contributed by atoms with Gasteiger partial charge in [0.15, 0.2) is 5.78 Å². The van der Waals surface area contributed by atoms with E-state index in [2.05, 4.69) is 37.0 Å². The Balaban J connectivity index is 0.749. The molecule has 9 rings (SSSR count). The smallest absolute Gasteiger partial charge is 0.262 e. The van der Waals surface area contributed by atoms with Gasteiger partial charge in [-0.3, -0.25) is 44.0 Å². The van der Waals surface area contributed by atoms with E-state index >= 15 is 0 Å². The highest BCUT2D eigenvalue weighted by molar-refractivity contribution is 7.22. The quantitative estimate of drug-likeness (QED) is 0.125. The van der Waals surface area contributed by atoms with Crippen molar-refractivity contribution in [1.29, 1.82) is 0 Å². The van der Waals surface area contributed by atoms with E-state index in [1.54, 1.807) is 37.7 Å². The van der Waals surface area contributed by atoms with Crippen LogP contribution in [-0.4, -0.2) is 130 Å². The van der Waals surface area contributed by atoms with E-state index in [0.717, 1.165) is 120 Å². The van der Waals surface area contributed by atoms with Gasteiger partial charge in [0.25, 0.3) is 11.8 Å². The van der Waals surface area contributed by atoms with Crippen molar-refractivity contribution >= 4 is 62.2 Å². The number of piperidine rings is 1. The zero-order chi connectivity index (χ0) is 42.2. The summed E-state index contributed by atoms with van der Waals surface area (Å²) in [5.41, 5.74) is 4.95. The maximum atomic E-state index is 14.2. The van der Waals surface area contributed by atoms with Gasteiger partial charge in [-0.2, -0.15) is 0 Å². The van der Waals surface area contributed by atoms with Crippen molar-refractivity contribution in [2.24, 2.45) is 0 Å². The summed E-state index contributed by atoms with van der Waals surface area (Å²) >= 11 is 1.60. The third-order valence-electron chi connectivity index (χ3n) is 12.5. The Hall–Kier alpha value is -6.09. The van der Waals surface area contributed by atoms with Crippen molar-refractivity contribution in [3.8, 4) is 21.9 Å². The van der Waals surface area contributed by atoms with E-state index in [1.807, 2.05) is 60.7 Å². The van der Waals surface area contributed by atoms with E-state index in [1.165, 1.54) is 0 Å². The lowest BCUT2D eigenvalue weighted by molar-refractivity contribution is -0.136. The lowest BCUT2D eigenvalue weighted by Crippen LogP contribution is -2.54. The highest BCUT2D eigenvalue weighted by Crippen LogP contribution is 2.42. The van der Waals surface area contributed by atoms with E-state index in [0.29, 0.717) is 22.3 Å². The number of benzene rings is 4. The summed E-state index contributed by atoms with van der Waals surface area (Å²) in [6.45, 7) is 9.26. The van der Waals surface area contributed by atoms with Crippen LogP contribution in [0.5, 0.6) is 11.5 Å². The number of hydrogen-bond donors (Lipinski definition) is 1. The number of ketones is 1. The van der Waals surface area contributed by atoms with Crippen LogP contribution >= 0.6 is 11.3 Å². The average Bonchev–Trinajstić information content (AvgIpc) is 3.79. The molecule has 14 heteroatoms. The van der Waals surface area contributed by atoms with Crippen molar-refractivity contribution in [1.82, 2.24) is 20.0 Å². The number of hydrogen-bond acceptors (Lipinski definition) is 12. The fraction of sp³-hybridized carbons (Fsp3) is 0.340. The lowest BCUT2D eigenvalue weighted by Gasteiger charge is -2.38. The first-order chi connectivity index (χ1) is 29.7. The monoisotopic (exact) mass is 840 g/mol. The molecule has 0 aliphatic carbocycles. The molecule has 13 nitrogen and oxygen atoms in total. The fourth-order valence-corrected chi connectivity index (χ4v) is 10.2. The van der Waals surface area contributed by atoms with E-state index in [-0.39, 0.29) is 24.5 Å². The maximum absolute atomic E-state index is 14.2. The van der Waals surface area contributed by atoms with Gasteiger partial charge in [0, 0.05) is 96.2 Å². The maximum Gasteiger partial charge on any atom is 0.262 e. The number of fused-ring (bicyclic) bond motifs is 2. The molecule has 4 aliphatic heterocycles. The van der Waals surface area contributed by atoms with Crippen LogP contribution in [0, 0.1) is 0 Å². The molecule has 5 heterocycles. The van der Waals surface area contributed by atoms with E-state index < -0.39 is 23.8 Å². The SMILES string of the molecule is COc1ccc(-c2sc3cc(OC)ccc3c2C(=O)c2ccc(N3CCN(CCCN4CCN(c5ccc6c(c5)C(=O)N(C5CCC(=O)NC5=O)C6=O)CC4)CC3)cc2)cc1. The number of imide groups is 2. The first-order valence-corrected chi connectivity index (χ1v) is 21.7. The first kappa shape index (κ1) is 40.3. The molecule has 4 aromatic carbocycles. The molecule has 1 aromatic heterocycles. The number of piperazine rings is 2. The standard InChI is InChI=1S/C47H48N6O7S/c1-59-34-11-6-31(7-12-34)44-42(37-15-13-35(60-2)29-40(37)61-44)43(55)30-4-8-32(9-5-30)51-24-20-49(21-25-51)18-3-19-50-22-26-52(27-23-50)33-10-14-36-38(28-33)47(58)53(46(36)57)39-16-17-41(54)48-45(39)56/h4-15,28-29,39H,3,16-27H2,1-2H3,(H,48,54,56). The Kier molecular flexibility index (Phi) is 11.3. The van der Waals surface area contributed by atoms with Crippen LogP contribution in [0.25, 0.3) is 20.5 Å². The van der Waals surface area contributed by atoms with Crippen LogP contribution in [0.1, 0.15) is 55.9 Å². The molecule has 314 valence electrons. The summed E-state index contributed by atoms with van der Waals surface area (Å²) in [6, 6.07) is 26.1. The van der Waals surface area contributed by atoms with Crippen LogP contribution in [0.15, 0.2) is 84.9 Å². The third kappa shape index (κ3) is 7.98. The number of amides is 4. The Bertz CT molecular complexity index is 2510. The lowest BCUT2D eigenvalue weighted by atomic mass is 9.97. The Labute approximate surface area is 358 Å². The minimum absolute atomic E-state index is 0.00230. The van der Waals surface area contributed by atoms with Crippen LogP contribution in [0.4, 0.5) is 11.4 Å². The Morgan fingerprint density at radius 2 is 1.30 bits per heavy atom. The van der Waals surface area contributed by atoms with E-state index in [9.17, 15) is 24.0 Å². The number of carbonyl (C=O) groups is 5. The summed E-state index contributed by atoms with van der Waals surface area (Å²) in [5.74, 6) is -0.437. The second-order valence-electron chi connectivity index (χ2n) is 16.0. The van der Waals surface area contributed by atoms with Crippen LogP contribution in [0.3, 0.4) is 0 Å². The van der Waals surface area contributed by atoms with Crippen molar-refractivity contribution in [3.05, 3.63) is 107 Å². The molecule has 1 atom stereocenters. The summed E-state index contributed by atoms with van der Waals surface area (Å²) < 4.78 is 11.9. The molecule has 3 fully saturated rings. The summed E-state index contributed by atoms with van der Waals surface area (Å²) in [6.07, 6.45) is 1.31. The summed E-state index contributed by atoms with van der Waals surface area (Å²) in [4.78, 5) is 76.4. The molecule has 0 saturated carbocycles. The number of thiophene rings is 1. The van der Waals surface area contributed by atoms with Gasteiger partial charge in [-0.15, -0.1) is 11.3 Å². The number of ether oxygens (including phenoxy) is 2. The molecular formula is C47H48N6O7S. The second-order valence-corrected chi connectivity index (χ2v) is 17.0. The zero-order valence-corrected chi connectivity index (χ0v) is 35.2. The van der Waals surface area contributed by atoms with Gasteiger partial charge in [0.1, 0.15) is 17.5 Å². The van der Waals surface area contributed by atoms with Gasteiger partial charge in [-0.05, 0) is 116 Å². The average molecular weight is 841 g/mol. The number of rotatable bonds is 12. The van der Waals surface area contributed by atoms with Crippen LogP contribution in [-0.2, 0) is 9.59 Å². The predicted octanol–water partition coefficient (Wildman–Crippen LogP) is 5.55. The van der Waals surface area contributed by atoms with Gasteiger partial charge in [0.2, 0.25) is 11.8 Å². The molecule has 5 aromatic rings. The summed E-state index contributed by atoms with van der Waals surface area (Å²) in [5, 5.41) is 3.16. The molecular weight excluding hydrogens is 793 g/mol. The van der Waals surface area contributed by atoms with Gasteiger partial charge in [0.05, 0.1) is 25.3 Å². The highest BCUT2D eigenvalue weighted by Gasteiger charge is 2.45. The van der Waals surface area contributed by atoms with Crippen molar-refractivity contribution < 1.29 is 33.4 Å². The molecule has 1 unspecified atom stereocenters. The topological polar surface area (TPSA) is 132 Å². The molecule has 1 N–H and O–H groups in total. The van der Waals surface area contributed by atoms with Crippen molar-refractivity contribution in [2.75, 3.05) is 89.5 Å². The van der Waals surface area contributed by atoms with Gasteiger partial charge in [-0.25, -0.2) is 0 Å². The van der Waals surface area contributed by atoms with Gasteiger partial charge in [-0.1, -0.05) is 0 Å².